The van der Waals surface area contributed by atoms with E-state index in [1.54, 1.807) is 30.0 Å². The number of amides is 2. The second kappa shape index (κ2) is 15.1. The van der Waals surface area contributed by atoms with Crippen LogP contribution in [0.15, 0.2) is 42.5 Å². The second-order valence-electron chi connectivity index (χ2n) is 10.1. The number of benzene rings is 2. The molecule has 0 saturated carbocycles. The minimum Gasteiger partial charge on any atom is -0.492 e. The summed E-state index contributed by atoms with van der Waals surface area (Å²) in [4.78, 5) is 26.0. The number of urea groups is 1. The molecule has 0 aliphatic carbocycles. The zero-order valence-electron chi connectivity index (χ0n) is 22.1. The van der Waals surface area contributed by atoms with E-state index >= 15 is 0 Å². The van der Waals surface area contributed by atoms with Gasteiger partial charge in [0.2, 0.25) is 0 Å². The number of ether oxygens (including phenoxy) is 2. The minimum atomic E-state index is -0.981. The molecule has 0 saturated heterocycles. The van der Waals surface area contributed by atoms with Crippen LogP contribution in [-0.2, 0) is 22.4 Å². The molecule has 7 nitrogen and oxygen atoms in total. The van der Waals surface area contributed by atoms with Crippen molar-refractivity contribution in [1.29, 1.82) is 0 Å². The quantitative estimate of drug-likeness (QED) is 0.296. The molecule has 0 aliphatic heterocycles. The Morgan fingerprint density at radius 3 is 2.24 bits per heavy atom. The number of carboxylic acids is 1. The molecule has 2 rings (SSSR count). The Labute approximate surface area is 230 Å². The van der Waals surface area contributed by atoms with Crippen LogP contribution in [0.2, 0.25) is 10.0 Å². The summed E-state index contributed by atoms with van der Waals surface area (Å²) < 4.78 is 11.2. The van der Waals surface area contributed by atoms with Gasteiger partial charge in [0, 0.05) is 36.2 Å². The van der Waals surface area contributed by atoms with Crippen molar-refractivity contribution in [2.75, 3.05) is 32.8 Å². The fourth-order valence-electron chi connectivity index (χ4n) is 3.63. The van der Waals surface area contributed by atoms with Gasteiger partial charge in [-0.3, -0.25) is 0 Å². The van der Waals surface area contributed by atoms with Crippen molar-refractivity contribution in [3.63, 3.8) is 0 Å². The molecule has 2 amide bonds. The van der Waals surface area contributed by atoms with E-state index < -0.39 is 12.1 Å². The Morgan fingerprint density at radius 2 is 1.68 bits per heavy atom. The summed E-state index contributed by atoms with van der Waals surface area (Å²) in [6, 6.07) is 12.6. The molecule has 0 bridgehead atoms. The highest BCUT2D eigenvalue weighted by Gasteiger charge is 2.19. The zero-order chi connectivity index (χ0) is 27.4. The molecule has 1 atom stereocenters. The molecule has 0 fully saturated rings. The van der Waals surface area contributed by atoms with Gasteiger partial charge in [0.25, 0.3) is 0 Å². The largest absolute Gasteiger partial charge is 0.492 e. The molecule has 204 valence electrons. The first kappa shape index (κ1) is 30.7. The van der Waals surface area contributed by atoms with Crippen molar-refractivity contribution in [2.45, 2.75) is 53.1 Å². The van der Waals surface area contributed by atoms with Crippen molar-refractivity contribution in [3.8, 4) is 5.75 Å². The number of nitrogens with zero attached hydrogens (tertiary/aromatic N) is 1. The minimum absolute atomic E-state index is 0.0288. The van der Waals surface area contributed by atoms with Crippen LogP contribution >= 0.6 is 23.2 Å². The number of carbonyl (C=O) groups excluding carboxylic acids is 1. The lowest BCUT2D eigenvalue weighted by Gasteiger charge is -2.26. The van der Waals surface area contributed by atoms with E-state index in [-0.39, 0.29) is 17.9 Å². The maximum absolute atomic E-state index is 12.9. The smallest absolute Gasteiger partial charge is 0.333 e. The first-order chi connectivity index (χ1) is 17.5. The standard InChI is InChI=1S/C28H38Cl2N2O5/c1-5-36-25(26(33)34)17-20-8-10-24(11-9-20)37-14-13-32(27(35)31-19-28(2,3)4)12-6-7-21-15-22(29)18-23(30)16-21/h8-11,15-16,18,25H,5-7,12-14,17,19H2,1-4H3,(H,31,35)(H,33,34). The Morgan fingerprint density at radius 1 is 1.03 bits per heavy atom. The van der Waals surface area contributed by atoms with E-state index in [4.69, 9.17) is 32.7 Å². The van der Waals surface area contributed by atoms with Gasteiger partial charge in [-0.25, -0.2) is 9.59 Å². The maximum Gasteiger partial charge on any atom is 0.333 e. The van der Waals surface area contributed by atoms with Crippen molar-refractivity contribution in [3.05, 3.63) is 63.6 Å². The SMILES string of the molecule is CCOC(Cc1ccc(OCCN(CCCc2cc(Cl)cc(Cl)c2)C(=O)NCC(C)(C)C)cc1)C(=O)O. The van der Waals surface area contributed by atoms with E-state index in [9.17, 15) is 14.7 Å². The topological polar surface area (TPSA) is 88.1 Å². The van der Waals surface area contributed by atoms with Crippen LogP contribution < -0.4 is 10.1 Å². The predicted molar refractivity (Wildman–Crippen MR) is 148 cm³/mol. The van der Waals surface area contributed by atoms with Gasteiger partial charge in [-0.15, -0.1) is 0 Å². The average molecular weight is 554 g/mol. The van der Waals surface area contributed by atoms with Crippen LogP contribution in [0.3, 0.4) is 0 Å². The van der Waals surface area contributed by atoms with E-state index in [0.717, 1.165) is 24.0 Å². The summed E-state index contributed by atoms with van der Waals surface area (Å²) in [5.74, 6) is -0.332. The van der Waals surface area contributed by atoms with Gasteiger partial charge in [0.15, 0.2) is 6.10 Å². The lowest BCUT2D eigenvalue weighted by molar-refractivity contribution is -0.149. The zero-order valence-corrected chi connectivity index (χ0v) is 23.6. The van der Waals surface area contributed by atoms with Crippen LogP contribution in [0, 0.1) is 5.41 Å². The Kier molecular flexibility index (Phi) is 12.5. The van der Waals surface area contributed by atoms with Crippen molar-refractivity contribution >= 4 is 35.2 Å². The summed E-state index contributed by atoms with van der Waals surface area (Å²) in [5.41, 5.74) is 1.84. The molecule has 0 aliphatic rings. The Balaban J connectivity index is 1.92. The third-order valence-corrected chi connectivity index (χ3v) is 5.93. The van der Waals surface area contributed by atoms with Gasteiger partial charge in [0.05, 0.1) is 6.54 Å². The Bertz CT molecular complexity index is 988. The summed E-state index contributed by atoms with van der Waals surface area (Å²) >= 11 is 12.2. The number of aryl methyl sites for hydroxylation is 1. The monoisotopic (exact) mass is 552 g/mol. The number of nitrogens with one attached hydrogen (secondary N) is 1. The normalized spacial score (nSPS) is 12.2. The average Bonchev–Trinajstić information content (AvgIpc) is 2.81. The number of hydrogen-bond acceptors (Lipinski definition) is 4. The molecular formula is C28H38Cl2N2O5. The molecule has 2 aromatic carbocycles. The highest BCUT2D eigenvalue weighted by Crippen LogP contribution is 2.20. The van der Waals surface area contributed by atoms with Crippen LogP contribution in [-0.4, -0.2) is 61.0 Å². The summed E-state index contributed by atoms with van der Waals surface area (Å²) in [7, 11) is 0. The van der Waals surface area contributed by atoms with E-state index in [1.807, 2.05) is 24.3 Å². The number of carbonyl (C=O) groups is 2. The van der Waals surface area contributed by atoms with Crippen molar-refractivity contribution < 1.29 is 24.2 Å². The second-order valence-corrected chi connectivity index (χ2v) is 10.9. The molecule has 0 radical (unpaired) electrons. The lowest BCUT2D eigenvalue weighted by Crippen LogP contribution is -2.45. The molecule has 2 aromatic rings. The summed E-state index contributed by atoms with van der Waals surface area (Å²) in [6.45, 7) is 10.2. The van der Waals surface area contributed by atoms with Gasteiger partial charge < -0.3 is 24.8 Å². The van der Waals surface area contributed by atoms with Gasteiger partial charge in [-0.05, 0) is 66.6 Å². The maximum atomic E-state index is 12.9. The highest BCUT2D eigenvalue weighted by atomic mass is 35.5. The lowest BCUT2D eigenvalue weighted by atomic mass is 9.97. The highest BCUT2D eigenvalue weighted by molar-refractivity contribution is 6.34. The molecule has 1 unspecified atom stereocenters. The van der Waals surface area contributed by atoms with Crippen molar-refractivity contribution in [1.82, 2.24) is 10.2 Å². The number of aliphatic carboxylic acids is 1. The molecule has 2 N–H and O–H groups in total. The summed E-state index contributed by atoms with van der Waals surface area (Å²) in [5, 5.41) is 13.5. The number of halogens is 2. The van der Waals surface area contributed by atoms with E-state index in [2.05, 4.69) is 26.1 Å². The summed E-state index contributed by atoms with van der Waals surface area (Å²) in [6.07, 6.45) is 0.895. The number of carboxylic acid groups (broad SMARTS) is 1. The van der Waals surface area contributed by atoms with Crippen LogP contribution in [0.25, 0.3) is 0 Å². The van der Waals surface area contributed by atoms with Crippen LogP contribution in [0.5, 0.6) is 5.75 Å². The molecule has 0 heterocycles. The van der Waals surface area contributed by atoms with Gasteiger partial charge in [0.1, 0.15) is 12.4 Å². The third-order valence-electron chi connectivity index (χ3n) is 5.49. The fraction of sp³-hybridized carbons (Fsp3) is 0.500. The van der Waals surface area contributed by atoms with Crippen LogP contribution in [0.4, 0.5) is 4.79 Å². The molecule has 0 aromatic heterocycles. The molecule has 37 heavy (non-hydrogen) atoms. The molecular weight excluding hydrogens is 515 g/mol. The molecule has 9 heteroatoms. The van der Waals surface area contributed by atoms with Gasteiger partial charge in [-0.1, -0.05) is 56.1 Å². The Hall–Kier alpha value is -2.48. The van der Waals surface area contributed by atoms with E-state index in [0.29, 0.717) is 48.6 Å². The predicted octanol–water partition coefficient (Wildman–Crippen LogP) is 6.09. The first-order valence-electron chi connectivity index (χ1n) is 12.5. The first-order valence-corrected chi connectivity index (χ1v) is 13.3. The molecule has 0 spiro atoms. The number of rotatable bonds is 14. The van der Waals surface area contributed by atoms with E-state index in [1.165, 1.54) is 0 Å². The van der Waals surface area contributed by atoms with Crippen molar-refractivity contribution in [2.24, 2.45) is 5.41 Å². The van der Waals surface area contributed by atoms with Crippen LogP contribution in [0.1, 0.15) is 45.2 Å². The fourth-order valence-corrected chi connectivity index (χ4v) is 4.20. The van der Waals surface area contributed by atoms with Gasteiger partial charge in [-0.2, -0.15) is 0 Å². The number of hydrogen-bond donors (Lipinski definition) is 2. The third kappa shape index (κ3) is 12.1. The van der Waals surface area contributed by atoms with Gasteiger partial charge >= 0.3 is 12.0 Å².